The van der Waals surface area contributed by atoms with E-state index >= 15 is 0 Å². The van der Waals surface area contributed by atoms with E-state index in [2.05, 4.69) is 0 Å². The molecule has 0 radical (unpaired) electrons. The lowest BCUT2D eigenvalue weighted by atomic mass is 9.88. The maximum absolute atomic E-state index is 10.6. The summed E-state index contributed by atoms with van der Waals surface area (Å²) in [6.45, 7) is 7.41. The fourth-order valence-corrected chi connectivity index (χ4v) is 0.724. The van der Waals surface area contributed by atoms with E-state index < -0.39 is 6.10 Å². The molecule has 0 saturated carbocycles. The van der Waals surface area contributed by atoms with Gasteiger partial charge in [-0.1, -0.05) is 20.8 Å². The molecule has 0 aliphatic heterocycles. The van der Waals surface area contributed by atoms with Crippen LogP contribution in [0.25, 0.3) is 0 Å². The van der Waals surface area contributed by atoms with Crippen molar-refractivity contribution in [1.82, 2.24) is 0 Å². The quantitative estimate of drug-likeness (QED) is 0.635. The number of ketones is 1. The molecule has 10 heavy (non-hydrogen) atoms. The average molecular weight is 144 g/mol. The average Bonchev–Trinajstić information content (AvgIpc) is 1.60. The van der Waals surface area contributed by atoms with Crippen molar-refractivity contribution >= 4 is 5.78 Å². The molecule has 0 rings (SSSR count). The summed E-state index contributed by atoms with van der Waals surface area (Å²) in [5.41, 5.74) is 0.0328. The van der Waals surface area contributed by atoms with Crippen molar-refractivity contribution in [3.63, 3.8) is 0 Å². The summed E-state index contributed by atoms with van der Waals surface area (Å²) < 4.78 is 0. The third-order valence-corrected chi connectivity index (χ3v) is 1.27. The standard InChI is InChI=1S/C8H16O2/c1-6(9)7(10)5-8(2,3)4/h7,10H,5H2,1-4H3. The summed E-state index contributed by atoms with van der Waals surface area (Å²) in [4.78, 5) is 10.6. The van der Waals surface area contributed by atoms with Gasteiger partial charge >= 0.3 is 0 Å². The minimum Gasteiger partial charge on any atom is -0.385 e. The second-order valence-electron chi connectivity index (χ2n) is 3.89. The molecule has 0 aromatic heterocycles. The van der Waals surface area contributed by atoms with Crippen molar-refractivity contribution in [2.75, 3.05) is 0 Å². The monoisotopic (exact) mass is 144 g/mol. The largest absolute Gasteiger partial charge is 0.385 e. The molecule has 0 saturated heterocycles. The molecular weight excluding hydrogens is 128 g/mol. The second-order valence-corrected chi connectivity index (χ2v) is 3.89. The van der Waals surface area contributed by atoms with Crippen LogP contribution in [0, 0.1) is 5.41 Å². The van der Waals surface area contributed by atoms with E-state index in [1.165, 1.54) is 6.92 Å². The topological polar surface area (TPSA) is 37.3 Å². The van der Waals surface area contributed by atoms with Gasteiger partial charge in [0.15, 0.2) is 5.78 Å². The van der Waals surface area contributed by atoms with Crippen LogP contribution in [0.4, 0.5) is 0 Å². The van der Waals surface area contributed by atoms with Crippen molar-refractivity contribution < 1.29 is 9.90 Å². The summed E-state index contributed by atoms with van der Waals surface area (Å²) in [5, 5.41) is 9.11. The number of rotatable bonds is 2. The first-order valence-corrected chi connectivity index (χ1v) is 3.51. The zero-order valence-corrected chi connectivity index (χ0v) is 7.14. The minimum absolute atomic E-state index is 0.0328. The fraction of sp³-hybridized carbons (Fsp3) is 0.875. The van der Waals surface area contributed by atoms with Crippen LogP contribution in [0.5, 0.6) is 0 Å². The Morgan fingerprint density at radius 1 is 1.50 bits per heavy atom. The molecular formula is C8H16O2. The molecule has 0 amide bonds. The molecule has 1 atom stereocenters. The SMILES string of the molecule is CC(=O)C(O)CC(C)(C)C. The Bertz CT molecular complexity index is 122. The second kappa shape index (κ2) is 3.15. The van der Waals surface area contributed by atoms with E-state index in [9.17, 15) is 4.79 Å². The Morgan fingerprint density at radius 3 is 2.00 bits per heavy atom. The lowest BCUT2D eigenvalue weighted by Gasteiger charge is -2.20. The number of hydrogen-bond donors (Lipinski definition) is 1. The van der Waals surface area contributed by atoms with E-state index in [0.29, 0.717) is 6.42 Å². The first-order chi connectivity index (χ1) is 4.33. The van der Waals surface area contributed by atoms with Crippen molar-refractivity contribution in [2.45, 2.75) is 40.2 Å². The molecule has 60 valence electrons. The van der Waals surface area contributed by atoms with Crippen LogP contribution in [-0.4, -0.2) is 17.0 Å². The van der Waals surface area contributed by atoms with Crippen LogP contribution < -0.4 is 0 Å². The lowest BCUT2D eigenvalue weighted by Crippen LogP contribution is -2.23. The van der Waals surface area contributed by atoms with Crippen molar-refractivity contribution in [3.8, 4) is 0 Å². The van der Waals surface area contributed by atoms with E-state index in [1.54, 1.807) is 0 Å². The molecule has 0 aromatic carbocycles. The van der Waals surface area contributed by atoms with Gasteiger partial charge in [0.05, 0.1) is 0 Å². The van der Waals surface area contributed by atoms with E-state index in [-0.39, 0.29) is 11.2 Å². The maximum atomic E-state index is 10.6. The van der Waals surface area contributed by atoms with Crippen molar-refractivity contribution in [2.24, 2.45) is 5.41 Å². The maximum Gasteiger partial charge on any atom is 0.158 e. The van der Waals surface area contributed by atoms with Gasteiger partial charge in [0.2, 0.25) is 0 Å². The van der Waals surface area contributed by atoms with E-state index in [0.717, 1.165) is 0 Å². The zero-order chi connectivity index (χ0) is 8.36. The molecule has 0 heterocycles. The van der Waals surface area contributed by atoms with Gasteiger partial charge < -0.3 is 5.11 Å². The Labute approximate surface area is 62.2 Å². The van der Waals surface area contributed by atoms with Gasteiger partial charge in [0, 0.05) is 0 Å². The number of aliphatic hydroxyl groups excluding tert-OH is 1. The first kappa shape index (κ1) is 9.63. The number of Topliss-reactive ketones (excluding diaryl/α,β-unsaturated/α-hetero) is 1. The van der Waals surface area contributed by atoms with Crippen LogP contribution in [-0.2, 0) is 4.79 Å². The fourth-order valence-electron chi connectivity index (χ4n) is 0.724. The zero-order valence-electron chi connectivity index (χ0n) is 7.14. The normalized spacial score (nSPS) is 14.9. The Morgan fingerprint density at radius 2 is 1.90 bits per heavy atom. The summed E-state index contributed by atoms with van der Waals surface area (Å²) in [6.07, 6.45) is -0.234. The predicted molar refractivity (Wildman–Crippen MR) is 40.8 cm³/mol. The van der Waals surface area contributed by atoms with Gasteiger partial charge in [-0.3, -0.25) is 4.79 Å². The van der Waals surface area contributed by atoms with Gasteiger partial charge in [-0.15, -0.1) is 0 Å². The van der Waals surface area contributed by atoms with Gasteiger partial charge in [-0.2, -0.15) is 0 Å². The number of aliphatic hydroxyl groups is 1. The van der Waals surface area contributed by atoms with Crippen LogP contribution in [0.2, 0.25) is 0 Å². The molecule has 2 heteroatoms. The van der Waals surface area contributed by atoms with Crippen LogP contribution in [0.1, 0.15) is 34.1 Å². The molecule has 1 N–H and O–H groups in total. The smallest absolute Gasteiger partial charge is 0.158 e. The molecule has 0 aliphatic carbocycles. The van der Waals surface area contributed by atoms with E-state index in [1.807, 2.05) is 20.8 Å². The molecule has 0 aromatic rings. The number of hydrogen-bond acceptors (Lipinski definition) is 2. The highest BCUT2D eigenvalue weighted by Crippen LogP contribution is 2.20. The van der Waals surface area contributed by atoms with Crippen molar-refractivity contribution in [3.05, 3.63) is 0 Å². The Balaban J connectivity index is 3.80. The first-order valence-electron chi connectivity index (χ1n) is 3.51. The van der Waals surface area contributed by atoms with Gasteiger partial charge in [0.25, 0.3) is 0 Å². The minimum atomic E-state index is -0.778. The molecule has 0 spiro atoms. The van der Waals surface area contributed by atoms with Crippen molar-refractivity contribution in [1.29, 1.82) is 0 Å². The lowest BCUT2D eigenvalue weighted by molar-refractivity contribution is -0.126. The number of carbonyl (C=O) groups is 1. The van der Waals surface area contributed by atoms with Crippen LogP contribution in [0.15, 0.2) is 0 Å². The molecule has 2 nitrogen and oxygen atoms in total. The number of carbonyl (C=O) groups excluding carboxylic acids is 1. The Hall–Kier alpha value is -0.370. The van der Waals surface area contributed by atoms with E-state index in [4.69, 9.17) is 5.11 Å². The van der Waals surface area contributed by atoms with Gasteiger partial charge in [0.1, 0.15) is 6.10 Å². The summed E-state index contributed by atoms with van der Waals surface area (Å²) >= 11 is 0. The summed E-state index contributed by atoms with van der Waals surface area (Å²) in [7, 11) is 0. The third-order valence-electron chi connectivity index (χ3n) is 1.27. The van der Waals surface area contributed by atoms with Crippen LogP contribution in [0.3, 0.4) is 0 Å². The highest BCUT2D eigenvalue weighted by molar-refractivity contribution is 5.80. The highest BCUT2D eigenvalue weighted by atomic mass is 16.3. The summed E-state index contributed by atoms with van der Waals surface area (Å²) in [5.74, 6) is -0.144. The highest BCUT2D eigenvalue weighted by Gasteiger charge is 2.19. The predicted octanol–water partition coefficient (Wildman–Crippen LogP) is 1.37. The molecule has 0 fully saturated rings. The molecule has 0 aliphatic rings. The van der Waals surface area contributed by atoms with Gasteiger partial charge in [-0.05, 0) is 18.8 Å². The molecule has 1 unspecified atom stereocenters. The van der Waals surface area contributed by atoms with Crippen LogP contribution >= 0.6 is 0 Å². The molecule has 0 bridgehead atoms. The Kier molecular flexibility index (Phi) is 3.03. The summed E-state index contributed by atoms with van der Waals surface area (Å²) in [6, 6.07) is 0. The van der Waals surface area contributed by atoms with Gasteiger partial charge in [-0.25, -0.2) is 0 Å². The third kappa shape index (κ3) is 4.50.